The second kappa shape index (κ2) is 4.00. The number of fused-ring (bicyclic) bond motifs is 2. The molecule has 0 atom stereocenters. The maximum absolute atomic E-state index is 13.8. The van der Waals surface area contributed by atoms with Crippen molar-refractivity contribution < 1.29 is 22.8 Å². The van der Waals surface area contributed by atoms with E-state index in [1.54, 1.807) is 6.92 Å². The number of carbonyl (C=O) groups is 2. The number of hydrogen-bond donors (Lipinski definition) is 0. The van der Waals surface area contributed by atoms with E-state index in [2.05, 4.69) is 4.98 Å². The number of halogens is 3. The van der Waals surface area contributed by atoms with E-state index in [1.807, 2.05) is 0 Å². The Labute approximate surface area is 111 Å². The molecule has 1 aliphatic carbocycles. The average Bonchev–Trinajstić information content (AvgIpc) is 2.40. The minimum absolute atomic E-state index is 0.0982. The molecule has 0 N–H and O–H groups in total. The molecular formula is C14H6F3NO2. The van der Waals surface area contributed by atoms with Crippen molar-refractivity contribution in [2.75, 3.05) is 0 Å². The van der Waals surface area contributed by atoms with E-state index < -0.39 is 40.1 Å². The number of carbonyl (C=O) groups excluding carboxylic acids is 2. The topological polar surface area (TPSA) is 47.0 Å². The zero-order valence-electron chi connectivity index (χ0n) is 10.1. The van der Waals surface area contributed by atoms with Crippen LogP contribution in [0.25, 0.3) is 0 Å². The minimum atomic E-state index is -1.51. The molecule has 0 saturated heterocycles. The fourth-order valence-corrected chi connectivity index (χ4v) is 2.23. The van der Waals surface area contributed by atoms with Gasteiger partial charge in [0.15, 0.2) is 23.2 Å². The number of hydrogen-bond acceptors (Lipinski definition) is 3. The molecule has 1 heterocycles. The maximum atomic E-state index is 13.8. The third-order valence-electron chi connectivity index (χ3n) is 3.16. The summed E-state index contributed by atoms with van der Waals surface area (Å²) < 4.78 is 40.7. The molecule has 1 aromatic carbocycles. The molecule has 20 heavy (non-hydrogen) atoms. The first-order valence-corrected chi connectivity index (χ1v) is 5.65. The van der Waals surface area contributed by atoms with Crippen molar-refractivity contribution in [1.29, 1.82) is 0 Å². The van der Waals surface area contributed by atoms with Gasteiger partial charge in [-0.15, -0.1) is 0 Å². The quantitative estimate of drug-likeness (QED) is 0.593. The summed E-state index contributed by atoms with van der Waals surface area (Å²) in [6.07, 6.45) is 1.13. The smallest absolute Gasteiger partial charge is 0.199 e. The summed E-state index contributed by atoms with van der Waals surface area (Å²) in [6, 6.07) is 1.55. The number of aromatic nitrogens is 1. The third-order valence-corrected chi connectivity index (χ3v) is 3.16. The molecule has 0 fully saturated rings. The van der Waals surface area contributed by atoms with Gasteiger partial charge in [-0.3, -0.25) is 14.6 Å². The van der Waals surface area contributed by atoms with E-state index in [0.717, 1.165) is 6.20 Å². The first kappa shape index (κ1) is 12.5. The molecule has 0 radical (unpaired) electrons. The van der Waals surface area contributed by atoms with Crippen molar-refractivity contribution in [3.8, 4) is 0 Å². The summed E-state index contributed by atoms with van der Waals surface area (Å²) in [4.78, 5) is 28.2. The largest absolute Gasteiger partial charge is 0.288 e. The molecule has 2 aromatic rings. The van der Waals surface area contributed by atoms with Crippen LogP contribution in [0, 0.1) is 24.4 Å². The molecule has 100 valence electrons. The highest BCUT2D eigenvalue weighted by Crippen LogP contribution is 2.31. The predicted molar refractivity (Wildman–Crippen MR) is 62.2 cm³/mol. The highest BCUT2D eigenvalue weighted by molar-refractivity contribution is 6.28. The number of benzene rings is 1. The Morgan fingerprint density at radius 1 is 0.900 bits per heavy atom. The van der Waals surface area contributed by atoms with Crippen LogP contribution in [0.1, 0.15) is 37.5 Å². The van der Waals surface area contributed by atoms with Crippen LogP contribution in [-0.4, -0.2) is 16.6 Å². The van der Waals surface area contributed by atoms with Crippen molar-refractivity contribution in [2.45, 2.75) is 6.92 Å². The molecule has 0 saturated carbocycles. The summed E-state index contributed by atoms with van der Waals surface area (Å²) >= 11 is 0. The van der Waals surface area contributed by atoms with Crippen molar-refractivity contribution >= 4 is 11.6 Å². The fraction of sp³-hybridized carbons (Fsp3) is 0.0714. The summed E-state index contributed by atoms with van der Waals surface area (Å²) in [5.41, 5.74) is -1.37. The normalized spacial score (nSPS) is 13.2. The van der Waals surface area contributed by atoms with E-state index in [4.69, 9.17) is 0 Å². The van der Waals surface area contributed by atoms with E-state index in [0.29, 0.717) is 5.69 Å². The van der Waals surface area contributed by atoms with E-state index in [1.165, 1.54) is 6.07 Å². The lowest BCUT2D eigenvalue weighted by atomic mass is 9.84. The molecule has 1 aliphatic rings. The molecular weight excluding hydrogens is 271 g/mol. The number of pyridine rings is 1. The van der Waals surface area contributed by atoms with E-state index >= 15 is 0 Å². The van der Waals surface area contributed by atoms with Crippen LogP contribution in [0.3, 0.4) is 0 Å². The van der Waals surface area contributed by atoms with Crippen LogP contribution < -0.4 is 0 Å². The standard InChI is InChI=1S/C14H6F3NO2/c1-5-2-6-7(4-18-5)14(20)10-8(15)3-9(16)12(17)11(10)13(6)19/h2-4H,1H3. The van der Waals surface area contributed by atoms with Crippen molar-refractivity contribution in [1.82, 2.24) is 4.98 Å². The van der Waals surface area contributed by atoms with Crippen LogP contribution in [-0.2, 0) is 0 Å². The van der Waals surface area contributed by atoms with Crippen LogP contribution in [0.5, 0.6) is 0 Å². The molecule has 0 unspecified atom stereocenters. The number of nitrogens with zero attached hydrogens (tertiary/aromatic N) is 1. The van der Waals surface area contributed by atoms with Crippen molar-refractivity contribution in [3.05, 3.63) is 63.7 Å². The predicted octanol–water partition coefficient (Wildman–Crippen LogP) is 2.58. The Kier molecular flexibility index (Phi) is 2.50. The third kappa shape index (κ3) is 1.51. The Morgan fingerprint density at radius 3 is 2.25 bits per heavy atom. The van der Waals surface area contributed by atoms with E-state index in [9.17, 15) is 22.8 Å². The lowest BCUT2D eigenvalue weighted by molar-refractivity contribution is 0.0970. The Balaban J connectivity index is 2.41. The van der Waals surface area contributed by atoms with Gasteiger partial charge in [-0.05, 0) is 13.0 Å². The molecule has 3 nitrogen and oxygen atoms in total. The number of aryl methyl sites for hydroxylation is 1. The summed E-state index contributed by atoms with van der Waals surface area (Å²) in [5, 5.41) is 0. The highest BCUT2D eigenvalue weighted by Gasteiger charge is 2.36. The Morgan fingerprint density at radius 2 is 1.55 bits per heavy atom. The average molecular weight is 277 g/mol. The van der Waals surface area contributed by atoms with Gasteiger partial charge in [-0.1, -0.05) is 0 Å². The second-order valence-corrected chi connectivity index (χ2v) is 4.43. The van der Waals surface area contributed by atoms with Gasteiger partial charge in [-0.25, -0.2) is 13.2 Å². The maximum Gasteiger partial charge on any atom is 0.199 e. The Bertz CT molecular complexity index is 799. The van der Waals surface area contributed by atoms with Gasteiger partial charge < -0.3 is 0 Å². The fourth-order valence-electron chi connectivity index (χ4n) is 2.23. The number of rotatable bonds is 0. The van der Waals surface area contributed by atoms with Gasteiger partial charge in [0.25, 0.3) is 0 Å². The van der Waals surface area contributed by atoms with Crippen LogP contribution >= 0.6 is 0 Å². The van der Waals surface area contributed by atoms with Crippen molar-refractivity contribution in [2.24, 2.45) is 0 Å². The summed E-state index contributed by atoms with van der Waals surface area (Å²) in [6.45, 7) is 1.58. The van der Waals surface area contributed by atoms with Gasteiger partial charge in [-0.2, -0.15) is 0 Å². The van der Waals surface area contributed by atoms with Crippen LogP contribution in [0.15, 0.2) is 18.3 Å². The van der Waals surface area contributed by atoms with Gasteiger partial charge in [0, 0.05) is 23.5 Å². The molecule has 6 heteroatoms. The molecule has 0 bridgehead atoms. The van der Waals surface area contributed by atoms with Gasteiger partial charge in [0.1, 0.15) is 5.82 Å². The lowest BCUT2D eigenvalue weighted by Gasteiger charge is -2.18. The molecule has 1 aromatic heterocycles. The zero-order chi connectivity index (χ0) is 14.6. The van der Waals surface area contributed by atoms with Crippen LogP contribution in [0.2, 0.25) is 0 Å². The van der Waals surface area contributed by atoms with Crippen molar-refractivity contribution in [3.63, 3.8) is 0 Å². The molecule has 0 aliphatic heterocycles. The minimum Gasteiger partial charge on any atom is -0.288 e. The lowest BCUT2D eigenvalue weighted by Crippen LogP contribution is -2.25. The van der Waals surface area contributed by atoms with E-state index in [-0.39, 0.29) is 17.2 Å². The molecule has 0 amide bonds. The zero-order valence-corrected chi connectivity index (χ0v) is 10.1. The Hall–Kier alpha value is -2.50. The summed E-state index contributed by atoms with van der Waals surface area (Å²) in [5.74, 6) is -6.07. The molecule has 3 rings (SSSR count). The second-order valence-electron chi connectivity index (χ2n) is 4.43. The number of ketones is 2. The highest BCUT2D eigenvalue weighted by atomic mass is 19.2. The van der Waals surface area contributed by atoms with Gasteiger partial charge >= 0.3 is 0 Å². The molecule has 0 spiro atoms. The first-order chi connectivity index (χ1) is 9.41. The van der Waals surface area contributed by atoms with Gasteiger partial charge in [0.05, 0.1) is 16.7 Å². The van der Waals surface area contributed by atoms with Crippen LogP contribution in [0.4, 0.5) is 13.2 Å². The summed E-state index contributed by atoms with van der Waals surface area (Å²) in [7, 11) is 0. The van der Waals surface area contributed by atoms with Gasteiger partial charge in [0.2, 0.25) is 0 Å². The first-order valence-electron chi connectivity index (χ1n) is 5.65. The SMILES string of the molecule is Cc1cc2c(cn1)C(=O)c1c(F)cc(F)c(F)c1C2=O. The monoisotopic (exact) mass is 277 g/mol.